The summed E-state index contributed by atoms with van der Waals surface area (Å²) in [5.41, 5.74) is 0.760. The van der Waals surface area contributed by atoms with Crippen molar-refractivity contribution in [3.05, 3.63) is 29.3 Å². The summed E-state index contributed by atoms with van der Waals surface area (Å²) >= 11 is 0. The summed E-state index contributed by atoms with van der Waals surface area (Å²) in [5.74, 6) is 2.35. The topological polar surface area (TPSA) is 60.4 Å². The Balaban J connectivity index is 1.34. The number of unbranched alkanes of at least 4 members (excludes halogenated alkanes) is 4. The third-order valence-electron chi connectivity index (χ3n) is 7.83. The van der Waals surface area contributed by atoms with Gasteiger partial charge in [-0.05, 0) is 86.3 Å². The lowest BCUT2D eigenvalue weighted by Gasteiger charge is -2.56. The first kappa shape index (κ1) is 22.2. The Bertz CT molecular complexity index is 789. The van der Waals surface area contributed by atoms with E-state index in [1.165, 1.54) is 38.2 Å². The van der Waals surface area contributed by atoms with Gasteiger partial charge in [0.1, 0.15) is 5.75 Å². The molecule has 4 aliphatic carbocycles. The molecule has 4 nitrogen and oxygen atoms in total. The zero-order valence-corrected chi connectivity index (χ0v) is 18.8. The predicted octanol–water partition coefficient (Wildman–Crippen LogP) is 6.20. The van der Waals surface area contributed by atoms with E-state index in [9.17, 15) is 14.4 Å². The number of benzene rings is 1. The second-order valence-corrected chi connectivity index (χ2v) is 10.5. The number of ether oxygens (including phenoxy) is 1. The van der Waals surface area contributed by atoms with Crippen molar-refractivity contribution in [2.24, 2.45) is 23.2 Å². The first-order valence-corrected chi connectivity index (χ1v) is 12.3. The number of rotatable bonds is 11. The minimum absolute atomic E-state index is 0.0273. The van der Waals surface area contributed by atoms with Crippen molar-refractivity contribution in [2.75, 3.05) is 0 Å². The minimum Gasteiger partial charge on any atom is -0.426 e. The van der Waals surface area contributed by atoms with Crippen molar-refractivity contribution < 1.29 is 19.1 Å². The largest absolute Gasteiger partial charge is 0.426 e. The number of carbonyl (C=O) groups is 2. The highest BCUT2D eigenvalue weighted by Gasteiger charge is 2.51. The second-order valence-electron chi connectivity index (χ2n) is 10.5. The standard InChI is InChI=1S/C27H35O4/c1-2-3-4-5-6-7-24(29)22-8-9-25(23(13-22)18-28)31-26(30)17-27-14-19-10-20(15-27)12-21(11-19)16-27/h8-9,13,19-21H,2-7,10-12,14-17H2,1H3. The third kappa shape index (κ3) is 5.27. The normalized spacial score (nSPS) is 28.5. The van der Waals surface area contributed by atoms with Gasteiger partial charge in [-0.2, -0.15) is 0 Å². The quantitative estimate of drug-likeness (QED) is 0.184. The van der Waals surface area contributed by atoms with Crippen LogP contribution < -0.4 is 4.74 Å². The lowest BCUT2D eigenvalue weighted by molar-refractivity contribution is -0.142. The summed E-state index contributed by atoms with van der Waals surface area (Å²) in [6.07, 6.45) is 15.7. The number of carbonyl (C=O) groups excluding carboxylic acids is 3. The van der Waals surface area contributed by atoms with Gasteiger partial charge in [0.2, 0.25) is 6.29 Å². The van der Waals surface area contributed by atoms with E-state index in [0.29, 0.717) is 18.4 Å². The third-order valence-corrected chi connectivity index (χ3v) is 7.83. The number of ketones is 1. The van der Waals surface area contributed by atoms with Gasteiger partial charge in [0.25, 0.3) is 0 Å². The molecule has 0 N–H and O–H groups in total. The molecule has 0 saturated heterocycles. The van der Waals surface area contributed by atoms with Crippen molar-refractivity contribution >= 4 is 18.0 Å². The zero-order valence-electron chi connectivity index (χ0n) is 18.8. The molecule has 4 aliphatic rings. The number of hydrogen-bond donors (Lipinski definition) is 0. The van der Waals surface area contributed by atoms with E-state index in [0.717, 1.165) is 56.3 Å². The molecule has 31 heavy (non-hydrogen) atoms. The molecule has 0 amide bonds. The summed E-state index contributed by atoms with van der Waals surface area (Å²) < 4.78 is 5.62. The number of hydrogen-bond acceptors (Lipinski definition) is 4. The molecule has 4 saturated carbocycles. The molecule has 1 radical (unpaired) electrons. The molecular formula is C27H35O4. The van der Waals surface area contributed by atoms with Crippen molar-refractivity contribution in [1.29, 1.82) is 0 Å². The fraction of sp³-hybridized carbons (Fsp3) is 0.667. The molecule has 0 unspecified atom stereocenters. The van der Waals surface area contributed by atoms with Crippen LogP contribution in [0.1, 0.15) is 106 Å². The van der Waals surface area contributed by atoms with Crippen LogP contribution in [-0.4, -0.2) is 18.0 Å². The fourth-order valence-corrected chi connectivity index (χ4v) is 6.88. The van der Waals surface area contributed by atoms with Crippen LogP contribution in [0.5, 0.6) is 5.75 Å². The minimum atomic E-state index is -0.256. The molecule has 4 fully saturated rings. The number of Topliss-reactive ketones (excluding diaryl/α,β-unsaturated/α-hetero) is 1. The molecule has 4 bridgehead atoms. The summed E-state index contributed by atoms with van der Waals surface area (Å²) in [5, 5.41) is 0. The Morgan fingerprint density at radius 3 is 2.26 bits per heavy atom. The van der Waals surface area contributed by atoms with Crippen molar-refractivity contribution in [1.82, 2.24) is 0 Å². The molecule has 0 aliphatic heterocycles. The highest BCUT2D eigenvalue weighted by molar-refractivity contribution is 5.98. The van der Waals surface area contributed by atoms with Crippen LogP contribution in [0.3, 0.4) is 0 Å². The van der Waals surface area contributed by atoms with E-state index in [1.54, 1.807) is 12.1 Å². The van der Waals surface area contributed by atoms with E-state index < -0.39 is 0 Å². The van der Waals surface area contributed by atoms with Gasteiger partial charge in [-0.15, -0.1) is 0 Å². The molecule has 0 heterocycles. The first-order chi connectivity index (χ1) is 15.0. The molecular weight excluding hydrogens is 388 g/mol. The molecule has 1 aromatic carbocycles. The SMILES string of the molecule is CCCCCCCC(=O)c1ccc(OC(=O)CC23CC4CC(CC(C4)C2)C3)c([C]=O)c1. The fourth-order valence-electron chi connectivity index (χ4n) is 6.88. The summed E-state index contributed by atoms with van der Waals surface area (Å²) in [7, 11) is 0. The van der Waals surface area contributed by atoms with Gasteiger partial charge in [0.15, 0.2) is 5.78 Å². The van der Waals surface area contributed by atoms with Gasteiger partial charge in [-0.1, -0.05) is 32.6 Å². The Morgan fingerprint density at radius 2 is 1.65 bits per heavy atom. The van der Waals surface area contributed by atoms with Crippen molar-refractivity contribution in [3.63, 3.8) is 0 Å². The lowest BCUT2D eigenvalue weighted by atomic mass is 9.49. The molecule has 5 rings (SSSR count). The molecule has 167 valence electrons. The van der Waals surface area contributed by atoms with Crippen LogP contribution in [0.25, 0.3) is 0 Å². The highest BCUT2D eigenvalue weighted by atomic mass is 16.5. The van der Waals surface area contributed by atoms with E-state index in [1.807, 2.05) is 6.29 Å². The molecule has 0 aromatic heterocycles. The average molecular weight is 424 g/mol. The maximum absolute atomic E-state index is 12.8. The second kappa shape index (κ2) is 9.67. The Labute approximate surface area is 186 Å². The number of esters is 1. The van der Waals surface area contributed by atoms with Crippen molar-refractivity contribution in [3.8, 4) is 5.75 Å². The van der Waals surface area contributed by atoms with E-state index in [-0.39, 0.29) is 28.5 Å². The highest BCUT2D eigenvalue weighted by Crippen LogP contribution is 2.61. The van der Waals surface area contributed by atoms with Gasteiger partial charge < -0.3 is 4.74 Å². The molecule has 1 aromatic rings. The first-order valence-electron chi connectivity index (χ1n) is 12.3. The van der Waals surface area contributed by atoms with Crippen LogP contribution in [0.2, 0.25) is 0 Å². The molecule has 0 spiro atoms. The Hall–Kier alpha value is -1.97. The molecule has 4 heteroatoms. The van der Waals surface area contributed by atoms with Crippen LogP contribution >= 0.6 is 0 Å². The van der Waals surface area contributed by atoms with E-state index in [4.69, 9.17) is 4.74 Å². The average Bonchev–Trinajstić information content (AvgIpc) is 2.72. The predicted molar refractivity (Wildman–Crippen MR) is 120 cm³/mol. The van der Waals surface area contributed by atoms with E-state index in [2.05, 4.69) is 6.92 Å². The summed E-state index contributed by atoms with van der Waals surface area (Å²) in [6, 6.07) is 4.78. The maximum atomic E-state index is 12.8. The maximum Gasteiger partial charge on any atom is 0.311 e. The van der Waals surface area contributed by atoms with Gasteiger partial charge in [-0.3, -0.25) is 14.4 Å². The van der Waals surface area contributed by atoms with Crippen LogP contribution in [-0.2, 0) is 9.59 Å². The summed E-state index contributed by atoms with van der Waals surface area (Å²) in [6.45, 7) is 2.17. The van der Waals surface area contributed by atoms with Crippen LogP contribution in [0, 0.1) is 23.2 Å². The van der Waals surface area contributed by atoms with Crippen LogP contribution in [0.15, 0.2) is 18.2 Å². The molecule has 0 atom stereocenters. The Kier molecular flexibility index (Phi) is 6.93. The van der Waals surface area contributed by atoms with Crippen LogP contribution in [0.4, 0.5) is 0 Å². The smallest absolute Gasteiger partial charge is 0.311 e. The van der Waals surface area contributed by atoms with Crippen molar-refractivity contribution in [2.45, 2.75) is 90.4 Å². The zero-order chi connectivity index (χ0) is 21.8. The van der Waals surface area contributed by atoms with E-state index >= 15 is 0 Å². The lowest BCUT2D eigenvalue weighted by Crippen LogP contribution is -2.47. The van der Waals surface area contributed by atoms with Gasteiger partial charge >= 0.3 is 5.97 Å². The van der Waals surface area contributed by atoms with Gasteiger partial charge in [0, 0.05) is 12.0 Å². The van der Waals surface area contributed by atoms with Gasteiger partial charge in [0.05, 0.1) is 12.0 Å². The van der Waals surface area contributed by atoms with Gasteiger partial charge in [-0.25, -0.2) is 0 Å². The summed E-state index contributed by atoms with van der Waals surface area (Å²) in [4.78, 5) is 36.7. The monoisotopic (exact) mass is 423 g/mol. The Morgan fingerprint density at radius 1 is 1.00 bits per heavy atom.